The number of hydrogen-bond donors (Lipinski definition) is 0. The van der Waals surface area contributed by atoms with Crippen LogP contribution in [0.15, 0.2) is 12.1 Å². The molecule has 4 nitrogen and oxygen atoms in total. The molecule has 0 atom stereocenters. The molecule has 0 aliphatic heterocycles. The van der Waals surface area contributed by atoms with Crippen molar-refractivity contribution < 1.29 is 9.72 Å². The van der Waals surface area contributed by atoms with Crippen molar-refractivity contribution in [1.29, 1.82) is 0 Å². The van der Waals surface area contributed by atoms with Gasteiger partial charge in [0.25, 0.3) is 0 Å². The molecule has 0 aliphatic carbocycles. The Hall–Kier alpha value is -1.71. The zero-order chi connectivity index (χ0) is 11.6. The number of hydrogen-bond acceptors (Lipinski definition) is 3. The molecule has 15 heavy (non-hydrogen) atoms. The minimum Gasteiger partial charge on any atom is -0.295 e. The van der Waals surface area contributed by atoms with Crippen LogP contribution in [0.1, 0.15) is 34.0 Å². The van der Waals surface area contributed by atoms with Crippen LogP contribution >= 0.6 is 0 Å². The number of Topliss-reactive ketones (excluding diaryl/α,β-unsaturated/α-hetero) is 1. The number of benzene rings is 1. The maximum Gasteiger partial charge on any atom is 0.229 e. The minimum absolute atomic E-state index is 0.0582. The highest BCUT2D eigenvalue weighted by Crippen LogP contribution is 2.17. The SMILES string of the molecule is CC(=O)c1cc(C[N+](=O)[O-])c(C)cc1C. The predicted molar refractivity (Wildman–Crippen MR) is 56.6 cm³/mol. The lowest BCUT2D eigenvalue weighted by atomic mass is 9.98. The minimum atomic E-state index is -0.387. The summed E-state index contributed by atoms with van der Waals surface area (Å²) in [6, 6.07) is 3.44. The Morgan fingerprint density at radius 1 is 1.33 bits per heavy atom. The molecule has 0 aliphatic rings. The number of nitrogens with zero attached hydrogens (tertiary/aromatic N) is 1. The van der Waals surface area contributed by atoms with Gasteiger partial charge in [-0.25, -0.2) is 0 Å². The second kappa shape index (κ2) is 4.21. The summed E-state index contributed by atoms with van der Waals surface area (Å²) in [7, 11) is 0. The quantitative estimate of drug-likeness (QED) is 0.434. The van der Waals surface area contributed by atoms with Gasteiger partial charge >= 0.3 is 0 Å². The van der Waals surface area contributed by atoms with Crippen molar-refractivity contribution in [2.45, 2.75) is 27.3 Å². The first-order valence-electron chi connectivity index (χ1n) is 4.64. The van der Waals surface area contributed by atoms with Gasteiger partial charge in [-0.05, 0) is 38.0 Å². The number of carbonyl (C=O) groups is 1. The van der Waals surface area contributed by atoms with E-state index in [0.29, 0.717) is 11.1 Å². The van der Waals surface area contributed by atoms with Gasteiger partial charge in [0.2, 0.25) is 6.54 Å². The van der Waals surface area contributed by atoms with Gasteiger partial charge in [0.15, 0.2) is 5.78 Å². The average molecular weight is 207 g/mol. The van der Waals surface area contributed by atoms with Gasteiger partial charge in [0.05, 0.1) is 0 Å². The van der Waals surface area contributed by atoms with Crippen molar-refractivity contribution in [2.24, 2.45) is 0 Å². The third kappa shape index (κ3) is 2.62. The van der Waals surface area contributed by atoms with Gasteiger partial charge in [0.1, 0.15) is 0 Å². The molecule has 0 bridgehead atoms. The van der Waals surface area contributed by atoms with E-state index < -0.39 is 0 Å². The molecule has 4 heteroatoms. The zero-order valence-electron chi connectivity index (χ0n) is 9.03. The monoisotopic (exact) mass is 207 g/mol. The van der Waals surface area contributed by atoms with Crippen LogP contribution in [0.4, 0.5) is 0 Å². The molecule has 0 radical (unpaired) electrons. The molecule has 1 aromatic carbocycles. The summed E-state index contributed by atoms with van der Waals surface area (Å²) in [5, 5.41) is 10.4. The molecular weight excluding hydrogens is 194 g/mol. The van der Waals surface area contributed by atoms with E-state index in [2.05, 4.69) is 0 Å². The standard InChI is InChI=1S/C11H13NO3/c1-7-4-8(2)11(9(3)13)5-10(7)6-12(14)15/h4-5H,6H2,1-3H3. The van der Waals surface area contributed by atoms with Gasteiger partial charge in [-0.1, -0.05) is 6.07 Å². The van der Waals surface area contributed by atoms with E-state index in [4.69, 9.17) is 0 Å². The number of aryl methyl sites for hydroxylation is 2. The molecule has 1 rings (SSSR count). The topological polar surface area (TPSA) is 60.2 Å². The van der Waals surface area contributed by atoms with Crippen LogP contribution in [0.5, 0.6) is 0 Å². The third-order valence-corrected chi connectivity index (χ3v) is 2.36. The highest BCUT2D eigenvalue weighted by Gasteiger charge is 2.11. The molecule has 0 saturated heterocycles. The Labute approximate surface area is 88.1 Å². The fourth-order valence-electron chi connectivity index (χ4n) is 1.59. The second-order valence-electron chi connectivity index (χ2n) is 3.64. The first-order chi connectivity index (χ1) is 6.91. The van der Waals surface area contributed by atoms with Crippen molar-refractivity contribution in [3.63, 3.8) is 0 Å². The largest absolute Gasteiger partial charge is 0.295 e. The van der Waals surface area contributed by atoms with E-state index in [-0.39, 0.29) is 17.3 Å². The Morgan fingerprint density at radius 2 is 1.93 bits per heavy atom. The Kier molecular flexibility index (Phi) is 3.19. The number of ketones is 1. The van der Waals surface area contributed by atoms with Gasteiger partial charge in [0, 0.05) is 16.1 Å². The van der Waals surface area contributed by atoms with Crippen molar-refractivity contribution >= 4 is 5.78 Å². The number of nitro groups is 1. The first-order valence-corrected chi connectivity index (χ1v) is 4.64. The molecule has 1 aromatic rings. The first kappa shape index (κ1) is 11.4. The van der Waals surface area contributed by atoms with Crippen molar-refractivity contribution in [2.75, 3.05) is 0 Å². The molecule has 0 fully saturated rings. The number of rotatable bonds is 3. The van der Waals surface area contributed by atoms with Crippen LogP contribution in [0.2, 0.25) is 0 Å². The van der Waals surface area contributed by atoms with Crippen molar-refractivity contribution in [3.05, 3.63) is 44.5 Å². The van der Waals surface area contributed by atoms with Gasteiger partial charge in [-0.15, -0.1) is 0 Å². The van der Waals surface area contributed by atoms with Gasteiger partial charge in [-0.3, -0.25) is 14.9 Å². The lowest BCUT2D eigenvalue weighted by Crippen LogP contribution is -2.05. The van der Waals surface area contributed by atoms with E-state index in [9.17, 15) is 14.9 Å². The van der Waals surface area contributed by atoms with Crippen LogP contribution in [0, 0.1) is 24.0 Å². The molecule has 0 unspecified atom stereocenters. The maximum absolute atomic E-state index is 11.2. The second-order valence-corrected chi connectivity index (χ2v) is 3.64. The van der Waals surface area contributed by atoms with Crippen LogP contribution < -0.4 is 0 Å². The molecule has 0 spiro atoms. The molecule has 80 valence electrons. The Morgan fingerprint density at radius 3 is 2.40 bits per heavy atom. The Bertz CT molecular complexity index is 424. The molecular formula is C11H13NO3. The highest BCUT2D eigenvalue weighted by molar-refractivity contribution is 5.95. The summed E-state index contributed by atoms with van der Waals surface area (Å²) in [6.45, 7) is 4.88. The molecule has 0 heterocycles. The lowest BCUT2D eigenvalue weighted by molar-refractivity contribution is -0.496. The summed E-state index contributed by atoms with van der Waals surface area (Å²) in [5.74, 6) is -0.0582. The summed E-state index contributed by atoms with van der Waals surface area (Å²) >= 11 is 0. The fraction of sp³-hybridized carbons (Fsp3) is 0.364. The number of carbonyl (C=O) groups excluding carboxylic acids is 1. The van der Waals surface area contributed by atoms with E-state index in [0.717, 1.165) is 11.1 Å². The van der Waals surface area contributed by atoms with Crippen LogP contribution in [-0.4, -0.2) is 10.7 Å². The summed E-state index contributed by atoms with van der Waals surface area (Å²) in [4.78, 5) is 21.3. The molecule has 0 N–H and O–H groups in total. The molecule has 0 aromatic heterocycles. The molecule has 0 amide bonds. The normalized spacial score (nSPS) is 10.1. The predicted octanol–water partition coefficient (Wildman–Crippen LogP) is 2.28. The van der Waals surface area contributed by atoms with Crippen molar-refractivity contribution in [3.8, 4) is 0 Å². The van der Waals surface area contributed by atoms with Crippen LogP contribution in [0.3, 0.4) is 0 Å². The van der Waals surface area contributed by atoms with Crippen molar-refractivity contribution in [1.82, 2.24) is 0 Å². The highest BCUT2D eigenvalue weighted by atomic mass is 16.6. The Balaban J connectivity index is 3.23. The lowest BCUT2D eigenvalue weighted by Gasteiger charge is -2.07. The zero-order valence-corrected chi connectivity index (χ0v) is 9.03. The summed E-state index contributed by atoms with van der Waals surface area (Å²) in [6.07, 6.45) is 0. The third-order valence-electron chi connectivity index (χ3n) is 2.36. The fourth-order valence-corrected chi connectivity index (χ4v) is 1.59. The van der Waals surface area contributed by atoms with Crippen LogP contribution in [-0.2, 0) is 6.54 Å². The van der Waals surface area contributed by atoms with Crippen LogP contribution in [0.25, 0.3) is 0 Å². The van der Waals surface area contributed by atoms with Gasteiger partial charge in [-0.2, -0.15) is 0 Å². The average Bonchev–Trinajstić information content (AvgIpc) is 2.08. The van der Waals surface area contributed by atoms with Gasteiger partial charge < -0.3 is 0 Å². The molecule has 0 saturated carbocycles. The van der Waals surface area contributed by atoms with E-state index in [1.54, 1.807) is 6.07 Å². The maximum atomic E-state index is 11.2. The van der Waals surface area contributed by atoms with E-state index >= 15 is 0 Å². The summed E-state index contributed by atoms with van der Waals surface area (Å²) < 4.78 is 0. The van der Waals surface area contributed by atoms with E-state index in [1.165, 1.54) is 6.92 Å². The smallest absolute Gasteiger partial charge is 0.229 e. The summed E-state index contributed by atoms with van der Waals surface area (Å²) in [5.41, 5.74) is 2.90. The van der Waals surface area contributed by atoms with E-state index in [1.807, 2.05) is 19.9 Å².